The van der Waals surface area contributed by atoms with E-state index in [9.17, 15) is 4.79 Å². The Kier molecular flexibility index (Phi) is 5.82. The van der Waals surface area contributed by atoms with Gasteiger partial charge in [-0.1, -0.05) is 18.5 Å². The first-order valence-corrected chi connectivity index (χ1v) is 5.59. The molecule has 0 fully saturated rings. The molecule has 1 aromatic rings. The van der Waals surface area contributed by atoms with Crippen molar-refractivity contribution < 1.29 is 9.53 Å². The van der Waals surface area contributed by atoms with Gasteiger partial charge in [0.1, 0.15) is 0 Å². The standard InChI is InChI=1S/C11H15ClN2O2/c1-2-6-16-7-4-11(15)14-10-8-13-5-3-9(10)12/h3,5,8H,2,4,6-7H2,1H3,(H,14,15). The monoisotopic (exact) mass is 242 g/mol. The lowest BCUT2D eigenvalue weighted by Crippen LogP contribution is -2.14. The van der Waals surface area contributed by atoms with Crippen molar-refractivity contribution in [1.82, 2.24) is 4.98 Å². The van der Waals surface area contributed by atoms with Crippen molar-refractivity contribution in [2.45, 2.75) is 19.8 Å². The molecule has 0 spiro atoms. The lowest BCUT2D eigenvalue weighted by molar-refractivity contribution is -0.117. The Morgan fingerprint density at radius 3 is 3.06 bits per heavy atom. The molecule has 0 atom stereocenters. The molecule has 4 nitrogen and oxygen atoms in total. The van der Waals surface area contributed by atoms with Crippen LogP contribution in [0.1, 0.15) is 19.8 Å². The molecule has 0 aromatic carbocycles. The van der Waals surface area contributed by atoms with Crippen molar-refractivity contribution in [3.63, 3.8) is 0 Å². The molecular formula is C11H15ClN2O2. The van der Waals surface area contributed by atoms with Crippen molar-refractivity contribution >= 4 is 23.2 Å². The summed E-state index contributed by atoms with van der Waals surface area (Å²) in [6.07, 6.45) is 4.37. The lowest BCUT2D eigenvalue weighted by Gasteiger charge is -2.06. The van der Waals surface area contributed by atoms with Gasteiger partial charge in [0, 0.05) is 12.8 Å². The van der Waals surface area contributed by atoms with E-state index in [1.165, 1.54) is 6.20 Å². The summed E-state index contributed by atoms with van der Waals surface area (Å²) in [7, 11) is 0. The number of pyridine rings is 1. The highest BCUT2D eigenvalue weighted by Crippen LogP contribution is 2.18. The Hall–Kier alpha value is -1.13. The maximum atomic E-state index is 11.5. The number of carbonyl (C=O) groups is 1. The summed E-state index contributed by atoms with van der Waals surface area (Å²) >= 11 is 5.87. The third-order valence-electron chi connectivity index (χ3n) is 1.86. The highest BCUT2D eigenvalue weighted by atomic mass is 35.5. The average molecular weight is 243 g/mol. The van der Waals surface area contributed by atoms with E-state index in [-0.39, 0.29) is 5.91 Å². The zero-order valence-electron chi connectivity index (χ0n) is 9.20. The van der Waals surface area contributed by atoms with Crippen molar-refractivity contribution in [1.29, 1.82) is 0 Å². The van der Waals surface area contributed by atoms with Gasteiger partial charge >= 0.3 is 0 Å². The molecule has 0 unspecified atom stereocenters. The fourth-order valence-electron chi connectivity index (χ4n) is 1.09. The van der Waals surface area contributed by atoms with Crippen LogP contribution in [-0.2, 0) is 9.53 Å². The molecule has 88 valence electrons. The second-order valence-corrected chi connectivity index (χ2v) is 3.67. The van der Waals surface area contributed by atoms with Gasteiger partial charge in [-0.25, -0.2) is 0 Å². The normalized spacial score (nSPS) is 10.1. The molecule has 0 saturated heterocycles. The predicted molar refractivity (Wildman–Crippen MR) is 63.6 cm³/mol. The number of carbonyl (C=O) groups excluding carboxylic acids is 1. The molecule has 0 saturated carbocycles. The number of hydrogen-bond donors (Lipinski definition) is 1. The Balaban J connectivity index is 2.32. The van der Waals surface area contributed by atoms with Crippen LogP contribution in [0, 0.1) is 0 Å². The van der Waals surface area contributed by atoms with E-state index in [1.807, 2.05) is 6.92 Å². The van der Waals surface area contributed by atoms with Crippen LogP contribution < -0.4 is 5.32 Å². The van der Waals surface area contributed by atoms with Crippen LogP contribution in [0.2, 0.25) is 5.02 Å². The quantitative estimate of drug-likeness (QED) is 0.780. The summed E-state index contributed by atoms with van der Waals surface area (Å²) in [6.45, 7) is 3.13. The zero-order valence-corrected chi connectivity index (χ0v) is 9.96. The summed E-state index contributed by atoms with van der Waals surface area (Å²) in [5.74, 6) is -0.119. The topological polar surface area (TPSA) is 51.2 Å². The van der Waals surface area contributed by atoms with Crippen molar-refractivity contribution in [3.05, 3.63) is 23.5 Å². The first-order valence-electron chi connectivity index (χ1n) is 5.21. The van der Waals surface area contributed by atoms with Crippen LogP contribution in [0.25, 0.3) is 0 Å². The Morgan fingerprint density at radius 2 is 2.38 bits per heavy atom. The van der Waals surface area contributed by atoms with Gasteiger partial charge in [0.15, 0.2) is 0 Å². The number of anilines is 1. The molecule has 1 heterocycles. The minimum atomic E-state index is -0.119. The minimum Gasteiger partial charge on any atom is -0.381 e. The number of ether oxygens (including phenoxy) is 1. The van der Waals surface area contributed by atoms with Gasteiger partial charge < -0.3 is 10.1 Å². The van der Waals surface area contributed by atoms with Gasteiger partial charge in [0.2, 0.25) is 5.91 Å². The zero-order chi connectivity index (χ0) is 11.8. The van der Waals surface area contributed by atoms with Gasteiger partial charge in [0.05, 0.1) is 29.9 Å². The van der Waals surface area contributed by atoms with E-state index in [1.54, 1.807) is 12.3 Å². The first-order chi connectivity index (χ1) is 7.74. The van der Waals surface area contributed by atoms with Crippen LogP contribution in [0.15, 0.2) is 18.5 Å². The summed E-state index contributed by atoms with van der Waals surface area (Å²) in [4.78, 5) is 15.3. The summed E-state index contributed by atoms with van der Waals surface area (Å²) < 4.78 is 5.21. The van der Waals surface area contributed by atoms with Crippen LogP contribution in [0.3, 0.4) is 0 Å². The van der Waals surface area contributed by atoms with E-state index < -0.39 is 0 Å². The molecular weight excluding hydrogens is 228 g/mol. The maximum absolute atomic E-state index is 11.5. The Labute approximate surface area is 100.0 Å². The molecule has 0 aliphatic rings. The minimum absolute atomic E-state index is 0.119. The van der Waals surface area contributed by atoms with E-state index in [0.717, 1.165) is 6.42 Å². The first kappa shape index (κ1) is 12.9. The van der Waals surface area contributed by atoms with Gasteiger partial charge in [-0.15, -0.1) is 0 Å². The number of amides is 1. The van der Waals surface area contributed by atoms with Crippen LogP contribution in [-0.4, -0.2) is 24.1 Å². The molecule has 16 heavy (non-hydrogen) atoms. The number of halogens is 1. The third kappa shape index (κ3) is 4.59. The fraction of sp³-hybridized carbons (Fsp3) is 0.455. The lowest BCUT2D eigenvalue weighted by atomic mass is 10.3. The van der Waals surface area contributed by atoms with Gasteiger partial charge in [0.25, 0.3) is 0 Å². The van der Waals surface area contributed by atoms with Crippen LogP contribution in [0.4, 0.5) is 5.69 Å². The molecule has 0 aliphatic carbocycles. The summed E-state index contributed by atoms with van der Waals surface area (Å²) in [5.41, 5.74) is 0.532. The summed E-state index contributed by atoms with van der Waals surface area (Å²) in [6, 6.07) is 1.63. The van der Waals surface area contributed by atoms with Gasteiger partial charge in [-0.3, -0.25) is 9.78 Å². The molecule has 1 aromatic heterocycles. The number of nitrogens with one attached hydrogen (secondary N) is 1. The van der Waals surface area contributed by atoms with E-state index >= 15 is 0 Å². The van der Waals surface area contributed by atoms with E-state index in [2.05, 4.69) is 10.3 Å². The summed E-state index contributed by atoms with van der Waals surface area (Å²) in [5, 5.41) is 3.16. The highest BCUT2D eigenvalue weighted by Gasteiger charge is 2.05. The maximum Gasteiger partial charge on any atom is 0.226 e. The average Bonchev–Trinajstić information content (AvgIpc) is 2.28. The molecule has 1 rings (SSSR count). The molecule has 1 N–H and O–H groups in total. The number of rotatable bonds is 6. The van der Waals surface area contributed by atoms with Gasteiger partial charge in [-0.05, 0) is 12.5 Å². The Bertz CT molecular complexity index is 345. The van der Waals surface area contributed by atoms with Crippen molar-refractivity contribution in [3.8, 4) is 0 Å². The molecule has 0 radical (unpaired) electrons. The SMILES string of the molecule is CCCOCCC(=O)Nc1cnccc1Cl. The Morgan fingerprint density at radius 1 is 1.56 bits per heavy atom. The number of hydrogen-bond acceptors (Lipinski definition) is 3. The highest BCUT2D eigenvalue weighted by molar-refractivity contribution is 6.33. The van der Waals surface area contributed by atoms with Crippen LogP contribution >= 0.6 is 11.6 Å². The molecule has 5 heteroatoms. The van der Waals surface area contributed by atoms with E-state index in [0.29, 0.717) is 30.3 Å². The molecule has 1 amide bonds. The van der Waals surface area contributed by atoms with Crippen molar-refractivity contribution in [2.24, 2.45) is 0 Å². The van der Waals surface area contributed by atoms with Crippen LogP contribution in [0.5, 0.6) is 0 Å². The third-order valence-corrected chi connectivity index (χ3v) is 2.19. The fourth-order valence-corrected chi connectivity index (χ4v) is 1.25. The number of nitrogens with zero attached hydrogens (tertiary/aromatic N) is 1. The number of aromatic nitrogens is 1. The van der Waals surface area contributed by atoms with Crippen molar-refractivity contribution in [2.75, 3.05) is 18.5 Å². The molecule has 0 bridgehead atoms. The largest absolute Gasteiger partial charge is 0.381 e. The predicted octanol–water partition coefficient (Wildman–Crippen LogP) is 2.49. The van der Waals surface area contributed by atoms with E-state index in [4.69, 9.17) is 16.3 Å². The smallest absolute Gasteiger partial charge is 0.226 e. The second-order valence-electron chi connectivity index (χ2n) is 3.27. The van der Waals surface area contributed by atoms with Gasteiger partial charge in [-0.2, -0.15) is 0 Å². The molecule has 0 aliphatic heterocycles. The second kappa shape index (κ2) is 7.19.